The average molecular weight is 409 g/mol. The quantitative estimate of drug-likeness (QED) is 0.815. The van der Waals surface area contributed by atoms with E-state index in [0.717, 1.165) is 25.7 Å². The van der Waals surface area contributed by atoms with Crippen LogP contribution >= 0.6 is 0 Å². The molecule has 2 N–H and O–H groups in total. The van der Waals surface area contributed by atoms with Gasteiger partial charge in [0.2, 0.25) is 11.8 Å². The number of amides is 3. The normalized spacial score (nSPS) is 23.3. The second kappa shape index (κ2) is 8.65. The fourth-order valence-corrected chi connectivity index (χ4v) is 4.38. The van der Waals surface area contributed by atoms with Gasteiger partial charge in [-0.3, -0.25) is 14.4 Å². The molecule has 1 heterocycles. The van der Waals surface area contributed by atoms with E-state index >= 15 is 0 Å². The van der Waals surface area contributed by atoms with E-state index in [9.17, 15) is 18.8 Å². The molecule has 4 rings (SSSR count). The van der Waals surface area contributed by atoms with Gasteiger partial charge in [-0.05, 0) is 49.2 Å². The van der Waals surface area contributed by atoms with Crippen LogP contribution in [0.5, 0.6) is 0 Å². The Kier molecular flexibility index (Phi) is 5.79. The molecule has 30 heavy (non-hydrogen) atoms. The first-order valence-electron chi connectivity index (χ1n) is 10.3. The number of carbonyl (C=O) groups excluding carboxylic acids is 3. The molecular formula is C23H24FN3O3. The van der Waals surface area contributed by atoms with Crippen molar-refractivity contribution in [1.29, 1.82) is 0 Å². The lowest BCUT2D eigenvalue weighted by Crippen LogP contribution is -2.68. The molecule has 3 atom stereocenters. The molecule has 2 fully saturated rings. The largest absolute Gasteiger partial charge is 0.349 e. The van der Waals surface area contributed by atoms with E-state index in [1.807, 2.05) is 6.07 Å². The fraction of sp³-hybridized carbons (Fsp3) is 0.348. The molecule has 3 amide bonds. The topological polar surface area (TPSA) is 78.5 Å². The second-order valence-electron chi connectivity index (χ2n) is 7.82. The number of hydrogen-bond acceptors (Lipinski definition) is 3. The Morgan fingerprint density at radius 3 is 2.47 bits per heavy atom. The predicted molar refractivity (Wildman–Crippen MR) is 110 cm³/mol. The SMILES string of the molecule is O=C(C[C@H]1C(=O)N[C@H]2CCCC[C@@H]2N1C(=O)c1ccc(F)cc1)Nc1ccccc1. The lowest BCUT2D eigenvalue weighted by Gasteiger charge is -2.48. The van der Waals surface area contributed by atoms with Gasteiger partial charge in [0.1, 0.15) is 11.9 Å². The van der Waals surface area contributed by atoms with Gasteiger partial charge in [0, 0.05) is 17.3 Å². The summed E-state index contributed by atoms with van der Waals surface area (Å²) in [6.45, 7) is 0. The zero-order valence-corrected chi connectivity index (χ0v) is 16.5. The van der Waals surface area contributed by atoms with Crippen LogP contribution in [0.15, 0.2) is 54.6 Å². The summed E-state index contributed by atoms with van der Waals surface area (Å²) in [5, 5.41) is 5.79. The number of anilines is 1. The molecule has 1 saturated carbocycles. The number of rotatable bonds is 4. The second-order valence-corrected chi connectivity index (χ2v) is 7.82. The Morgan fingerprint density at radius 1 is 1.03 bits per heavy atom. The number of para-hydroxylation sites is 1. The first-order valence-corrected chi connectivity index (χ1v) is 10.3. The van der Waals surface area contributed by atoms with Crippen LogP contribution in [-0.4, -0.2) is 40.7 Å². The number of carbonyl (C=O) groups is 3. The molecule has 0 unspecified atom stereocenters. The van der Waals surface area contributed by atoms with Crippen molar-refractivity contribution in [2.24, 2.45) is 0 Å². The molecule has 0 bridgehead atoms. The highest BCUT2D eigenvalue weighted by molar-refractivity contribution is 6.01. The van der Waals surface area contributed by atoms with Gasteiger partial charge in [-0.15, -0.1) is 0 Å². The van der Waals surface area contributed by atoms with Crippen LogP contribution < -0.4 is 10.6 Å². The molecule has 7 heteroatoms. The molecule has 1 saturated heterocycles. The van der Waals surface area contributed by atoms with Gasteiger partial charge >= 0.3 is 0 Å². The van der Waals surface area contributed by atoms with Gasteiger partial charge in [0.15, 0.2) is 0 Å². The summed E-state index contributed by atoms with van der Waals surface area (Å²) in [6.07, 6.45) is 3.35. The summed E-state index contributed by atoms with van der Waals surface area (Å²) >= 11 is 0. The van der Waals surface area contributed by atoms with Crippen molar-refractivity contribution in [2.45, 2.75) is 50.2 Å². The van der Waals surface area contributed by atoms with Crippen LogP contribution in [0.1, 0.15) is 42.5 Å². The Balaban J connectivity index is 1.60. The van der Waals surface area contributed by atoms with E-state index in [-0.39, 0.29) is 36.2 Å². The Labute approximate surface area is 174 Å². The molecule has 0 spiro atoms. The van der Waals surface area contributed by atoms with Gasteiger partial charge in [-0.1, -0.05) is 31.0 Å². The molecular weight excluding hydrogens is 385 g/mol. The number of benzene rings is 2. The van der Waals surface area contributed by atoms with Crippen molar-refractivity contribution in [2.75, 3.05) is 5.32 Å². The van der Waals surface area contributed by atoms with Crippen LogP contribution in [0, 0.1) is 5.82 Å². The van der Waals surface area contributed by atoms with Gasteiger partial charge in [0.25, 0.3) is 5.91 Å². The molecule has 2 aliphatic rings. The zero-order valence-electron chi connectivity index (χ0n) is 16.5. The fourth-order valence-electron chi connectivity index (χ4n) is 4.38. The van der Waals surface area contributed by atoms with Crippen molar-refractivity contribution >= 4 is 23.4 Å². The molecule has 1 aliphatic carbocycles. The van der Waals surface area contributed by atoms with E-state index in [4.69, 9.17) is 0 Å². The predicted octanol–water partition coefficient (Wildman–Crippen LogP) is 3.11. The minimum absolute atomic E-state index is 0.121. The molecule has 2 aromatic rings. The summed E-state index contributed by atoms with van der Waals surface area (Å²) in [5.74, 6) is -1.44. The maximum atomic E-state index is 13.4. The van der Waals surface area contributed by atoms with Gasteiger partial charge in [0.05, 0.1) is 12.5 Å². The molecule has 1 aliphatic heterocycles. The van der Waals surface area contributed by atoms with Gasteiger partial charge in [-0.2, -0.15) is 0 Å². The number of fused-ring (bicyclic) bond motifs is 1. The Hall–Kier alpha value is -3.22. The van der Waals surface area contributed by atoms with Crippen LogP contribution in [0.2, 0.25) is 0 Å². The minimum atomic E-state index is -0.911. The molecule has 156 valence electrons. The molecule has 2 aromatic carbocycles. The summed E-state index contributed by atoms with van der Waals surface area (Å²) in [6, 6.07) is 13.1. The maximum Gasteiger partial charge on any atom is 0.254 e. The first-order chi connectivity index (χ1) is 14.5. The zero-order chi connectivity index (χ0) is 21.1. The highest BCUT2D eigenvalue weighted by Gasteiger charge is 2.46. The highest BCUT2D eigenvalue weighted by atomic mass is 19.1. The third kappa shape index (κ3) is 4.20. The lowest BCUT2D eigenvalue weighted by atomic mass is 9.84. The van der Waals surface area contributed by atoms with Crippen LogP contribution in [0.4, 0.5) is 10.1 Å². The summed E-state index contributed by atoms with van der Waals surface area (Å²) in [4.78, 5) is 40.5. The van der Waals surface area contributed by atoms with E-state index in [1.54, 1.807) is 29.2 Å². The van der Waals surface area contributed by atoms with Crippen molar-refractivity contribution in [3.05, 3.63) is 66.0 Å². The number of hydrogen-bond donors (Lipinski definition) is 2. The summed E-state index contributed by atoms with van der Waals surface area (Å²) in [5.41, 5.74) is 0.939. The number of nitrogens with one attached hydrogen (secondary N) is 2. The van der Waals surface area contributed by atoms with Gasteiger partial charge < -0.3 is 15.5 Å². The van der Waals surface area contributed by atoms with Crippen molar-refractivity contribution in [3.8, 4) is 0 Å². The molecule has 6 nitrogen and oxygen atoms in total. The van der Waals surface area contributed by atoms with Crippen LogP contribution in [0.3, 0.4) is 0 Å². The highest BCUT2D eigenvalue weighted by Crippen LogP contribution is 2.31. The van der Waals surface area contributed by atoms with Gasteiger partial charge in [-0.25, -0.2) is 4.39 Å². The standard InChI is InChI=1S/C23H24FN3O3/c24-16-12-10-15(11-13-16)23(30)27-19-9-5-4-8-18(19)26-22(29)20(27)14-21(28)25-17-6-2-1-3-7-17/h1-3,6-7,10-13,18-20H,4-5,8-9,14H2,(H,25,28)(H,26,29)/t18-,19-,20-/m0/s1. The Morgan fingerprint density at radius 2 is 1.73 bits per heavy atom. The third-order valence-electron chi connectivity index (χ3n) is 5.81. The summed E-state index contributed by atoms with van der Waals surface area (Å²) in [7, 11) is 0. The average Bonchev–Trinajstić information content (AvgIpc) is 2.75. The van der Waals surface area contributed by atoms with E-state index in [1.165, 1.54) is 24.3 Å². The van der Waals surface area contributed by atoms with Crippen LogP contribution in [0.25, 0.3) is 0 Å². The van der Waals surface area contributed by atoms with Crippen LogP contribution in [-0.2, 0) is 9.59 Å². The smallest absolute Gasteiger partial charge is 0.254 e. The van der Waals surface area contributed by atoms with Crippen molar-refractivity contribution in [1.82, 2.24) is 10.2 Å². The Bertz CT molecular complexity index is 932. The first kappa shape index (κ1) is 20.1. The van der Waals surface area contributed by atoms with Crippen molar-refractivity contribution in [3.63, 3.8) is 0 Å². The number of nitrogens with zero attached hydrogens (tertiary/aromatic N) is 1. The molecule has 0 aromatic heterocycles. The maximum absolute atomic E-state index is 13.4. The molecule has 0 radical (unpaired) electrons. The van der Waals surface area contributed by atoms with E-state index in [2.05, 4.69) is 10.6 Å². The monoisotopic (exact) mass is 409 g/mol. The number of halogens is 1. The number of piperazine rings is 1. The van der Waals surface area contributed by atoms with E-state index in [0.29, 0.717) is 11.3 Å². The summed E-state index contributed by atoms with van der Waals surface area (Å²) < 4.78 is 13.3. The lowest BCUT2D eigenvalue weighted by molar-refractivity contribution is -0.135. The third-order valence-corrected chi connectivity index (χ3v) is 5.81. The van der Waals surface area contributed by atoms with Crippen molar-refractivity contribution < 1.29 is 18.8 Å². The van der Waals surface area contributed by atoms with E-state index < -0.39 is 11.9 Å². The minimum Gasteiger partial charge on any atom is -0.349 e.